The first-order valence-corrected chi connectivity index (χ1v) is 6.75. The fourth-order valence-electron chi connectivity index (χ4n) is 2.24. The van der Waals surface area contributed by atoms with Crippen LogP contribution in [0, 0.1) is 0 Å². The highest BCUT2D eigenvalue weighted by Crippen LogP contribution is 2.39. The fourth-order valence-corrected chi connectivity index (χ4v) is 3.30. The zero-order chi connectivity index (χ0) is 11.1. The van der Waals surface area contributed by atoms with Crippen LogP contribution in [0.4, 0.5) is 0 Å². The van der Waals surface area contributed by atoms with Crippen molar-refractivity contribution >= 4 is 21.4 Å². The molecule has 0 amide bonds. The van der Waals surface area contributed by atoms with Crippen LogP contribution < -0.4 is 4.74 Å². The number of aryl methyl sites for hydroxylation is 1. The van der Waals surface area contributed by atoms with Crippen LogP contribution in [-0.4, -0.2) is 6.61 Å². The number of thiophene rings is 1. The minimum Gasteiger partial charge on any atom is -0.493 e. The number of hydrogen-bond donors (Lipinski definition) is 0. The molecule has 2 heterocycles. The van der Waals surface area contributed by atoms with E-state index in [1.807, 2.05) is 11.3 Å². The van der Waals surface area contributed by atoms with Crippen LogP contribution in [-0.2, 0) is 6.42 Å². The summed E-state index contributed by atoms with van der Waals surface area (Å²) in [7, 11) is 0. The number of benzene rings is 1. The lowest BCUT2D eigenvalue weighted by Crippen LogP contribution is -2.07. The molecule has 1 nitrogen and oxygen atoms in total. The molecule has 1 aromatic heterocycles. The van der Waals surface area contributed by atoms with Crippen molar-refractivity contribution in [2.75, 3.05) is 6.61 Å². The first-order chi connectivity index (χ1) is 7.75. The van der Waals surface area contributed by atoms with E-state index in [0.717, 1.165) is 25.2 Å². The van der Waals surface area contributed by atoms with Gasteiger partial charge in [-0.25, -0.2) is 0 Å². The molecule has 0 atom stereocenters. The molecule has 0 saturated carbocycles. The van der Waals surface area contributed by atoms with Gasteiger partial charge in [-0.1, -0.05) is 19.9 Å². The number of fused-ring (bicyclic) bond motifs is 3. The normalized spacial score (nSPS) is 15.2. The molecule has 1 aliphatic rings. The summed E-state index contributed by atoms with van der Waals surface area (Å²) in [5, 5.41) is 1.32. The quantitative estimate of drug-likeness (QED) is 0.710. The van der Waals surface area contributed by atoms with Gasteiger partial charge >= 0.3 is 0 Å². The number of ether oxygens (including phenoxy) is 1. The van der Waals surface area contributed by atoms with E-state index in [2.05, 4.69) is 32.0 Å². The van der Waals surface area contributed by atoms with Crippen molar-refractivity contribution in [3.8, 4) is 5.75 Å². The second kappa shape index (κ2) is 3.77. The second-order valence-corrected chi connectivity index (χ2v) is 5.84. The van der Waals surface area contributed by atoms with Crippen molar-refractivity contribution in [3.63, 3.8) is 0 Å². The van der Waals surface area contributed by atoms with Gasteiger partial charge in [-0.05, 0) is 36.5 Å². The molecule has 0 bridgehead atoms. The summed E-state index contributed by atoms with van der Waals surface area (Å²) in [5.41, 5.74) is 1.38. The van der Waals surface area contributed by atoms with E-state index in [1.165, 1.54) is 20.5 Å². The third-order valence-electron chi connectivity index (χ3n) is 3.16. The molecule has 2 aromatic rings. The Morgan fingerprint density at radius 3 is 3.00 bits per heavy atom. The van der Waals surface area contributed by atoms with Crippen molar-refractivity contribution in [3.05, 3.63) is 28.6 Å². The molecule has 84 valence electrons. The highest BCUT2D eigenvalue weighted by Gasteiger charge is 2.16. The second-order valence-electron chi connectivity index (χ2n) is 4.72. The van der Waals surface area contributed by atoms with Gasteiger partial charge in [0.2, 0.25) is 0 Å². The molecule has 1 aromatic carbocycles. The molecule has 1 aliphatic heterocycles. The lowest BCUT2D eigenvalue weighted by atomic mass is 10.0. The average molecular weight is 232 g/mol. The molecule has 0 radical (unpaired) electrons. The molecule has 0 saturated heterocycles. The van der Waals surface area contributed by atoms with Crippen LogP contribution in [0.1, 0.15) is 36.6 Å². The lowest BCUT2D eigenvalue weighted by molar-refractivity contribution is 0.292. The number of rotatable bonds is 1. The standard InChI is InChI=1S/C14H16OS/c1-9(2)13-8-11-12(16-13)6-5-10-4-3-7-15-14(10)11/h5-6,8-9H,3-4,7H2,1-2H3. The summed E-state index contributed by atoms with van der Waals surface area (Å²) in [6.45, 7) is 5.37. The van der Waals surface area contributed by atoms with Gasteiger partial charge < -0.3 is 4.74 Å². The minimum atomic E-state index is 0.608. The van der Waals surface area contributed by atoms with Gasteiger partial charge in [-0.15, -0.1) is 11.3 Å². The Bertz CT molecular complexity index is 525. The summed E-state index contributed by atoms with van der Waals surface area (Å²) >= 11 is 1.90. The highest BCUT2D eigenvalue weighted by molar-refractivity contribution is 7.19. The summed E-state index contributed by atoms with van der Waals surface area (Å²) in [5.74, 6) is 1.75. The molecule has 3 rings (SSSR count). The molecule has 0 N–H and O–H groups in total. The maximum Gasteiger partial charge on any atom is 0.131 e. The van der Waals surface area contributed by atoms with Gasteiger partial charge in [0.05, 0.1) is 6.61 Å². The van der Waals surface area contributed by atoms with Gasteiger partial charge in [0.25, 0.3) is 0 Å². The Labute approximate surface area is 100 Å². The van der Waals surface area contributed by atoms with Gasteiger partial charge in [0, 0.05) is 15.0 Å². The van der Waals surface area contributed by atoms with Crippen LogP contribution in [0.15, 0.2) is 18.2 Å². The van der Waals surface area contributed by atoms with E-state index in [1.54, 1.807) is 0 Å². The third-order valence-corrected chi connectivity index (χ3v) is 4.56. The zero-order valence-electron chi connectivity index (χ0n) is 9.75. The predicted octanol–water partition coefficient (Wildman–Crippen LogP) is 4.35. The van der Waals surface area contributed by atoms with E-state index in [4.69, 9.17) is 4.74 Å². The van der Waals surface area contributed by atoms with E-state index in [-0.39, 0.29) is 0 Å². The van der Waals surface area contributed by atoms with E-state index >= 15 is 0 Å². The lowest BCUT2D eigenvalue weighted by Gasteiger charge is -2.17. The maximum atomic E-state index is 5.84. The van der Waals surface area contributed by atoms with Crippen LogP contribution in [0.2, 0.25) is 0 Å². The third kappa shape index (κ3) is 1.52. The summed E-state index contributed by atoms with van der Waals surface area (Å²) < 4.78 is 7.20. The molecule has 0 aliphatic carbocycles. The zero-order valence-corrected chi connectivity index (χ0v) is 10.6. The Morgan fingerprint density at radius 1 is 1.31 bits per heavy atom. The van der Waals surface area contributed by atoms with Crippen LogP contribution in [0.25, 0.3) is 10.1 Å². The molecule has 0 spiro atoms. The van der Waals surface area contributed by atoms with Gasteiger partial charge in [0.1, 0.15) is 5.75 Å². The Kier molecular flexibility index (Phi) is 2.40. The Balaban J connectivity index is 2.22. The maximum absolute atomic E-state index is 5.84. The monoisotopic (exact) mass is 232 g/mol. The molecular weight excluding hydrogens is 216 g/mol. The molecule has 0 fully saturated rings. The Morgan fingerprint density at radius 2 is 2.19 bits per heavy atom. The summed E-state index contributed by atoms with van der Waals surface area (Å²) in [4.78, 5) is 1.46. The predicted molar refractivity (Wildman–Crippen MR) is 69.7 cm³/mol. The van der Waals surface area contributed by atoms with Crippen LogP contribution in [0.5, 0.6) is 5.75 Å². The average Bonchev–Trinajstić information content (AvgIpc) is 2.73. The summed E-state index contributed by atoms with van der Waals surface area (Å²) in [6.07, 6.45) is 2.32. The number of hydrogen-bond acceptors (Lipinski definition) is 2. The highest BCUT2D eigenvalue weighted by atomic mass is 32.1. The summed E-state index contributed by atoms with van der Waals surface area (Å²) in [6, 6.07) is 6.80. The van der Waals surface area contributed by atoms with Crippen LogP contribution >= 0.6 is 11.3 Å². The van der Waals surface area contributed by atoms with Gasteiger partial charge in [0.15, 0.2) is 0 Å². The molecule has 16 heavy (non-hydrogen) atoms. The van der Waals surface area contributed by atoms with E-state index in [0.29, 0.717) is 5.92 Å². The van der Waals surface area contributed by atoms with E-state index < -0.39 is 0 Å². The van der Waals surface area contributed by atoms with Gasteiger partial charge in [-0.2, -0.15) is 0 Å². The Hall–Kier alpha value is -1.02. The topological polar surface area (TPSA) is 9.23 Å². The first-order valence-electron chi connectivity index (χ1n) is 5.94. The van der Waals surface area contributed by atoms with Crippen LogP contribution in [0.3, 0.4) is 0 Å². The van der Waals surface area contributed by atoms with Crippen molar-refractivity contribution < 1.29 is 4.74 Å². The fraction of sp³-hybridized carbons (Fsp3) is 0.429. The smallest absolute Gasteiger partial charge is 0.131 e. The molecule has 0 unspecified atom stereocenters. The SMILES string of the molecule is CC(C)c1cc2c3c(ccc2s1)CCCO3. The van der Waals surface area contributed by atoms with Crippen molar-refractivity contribution in [1.29, 1.82) is 0 Å². The largest absolute Gasteiger partial charge is 0.493 e. The first kappa shape index (κ1) is 10.2. The van der Waals surface area contributed by atoms with Gasteiger partial charge in [-0.3, -0.25) is 0 Å². The minimum absolute atomic E-state index is 0.608. The van der Waals surface area contributed by atoms with Crippen molar-refractivity contribution in [2.24, 2.45) is 0 Å². The van der Waals surface area contributed by atoms with Crippen molar-refractivity contribution in [2.45, 2.75) is 32.6 Å². The molecule has 2 heteroatoms. The van der Waals surface area contributed by atoms with E-state index in [9.17, 15) is 0 Å². The van der Waals surface area contributed by atoms with Crippen molar-refractivity contribution in [1.82, 2.24) is 0 Å². The molecular formula is C14H16OS.